The third kappa shape index (κ3) is 2.30. The zero-order valence-corrected chi connectivity index (χ0v) is 15.1. The van der Waals surface area contributed by atoms with Gasteiger partial charge in [0.1, 0.15) is 5.58 Å². The maximum atomic E-state index is 12.6. The largest absolute Gasteiger partial charge is 0.437 e. The molecule has 0 fully saturated rings. The Kier molecular flexibility index (Phi) is 3.40. The molecule has 6 heteroatoms. The molecule has 0 N–H and O–H groups in total. The molecule has 0 saturated carbocycles. The predicted octanol–water partition coefficient (Wildman–Crippen LogP) is 3.99. The SMILES string of the molecule is CCN(CC)c1ccc2cc3c(nc(=O)n4c5ccccc5nc34)oc2c1. The predicted molar refractivity (Wildman–Crippen MR) is 108 cm³/mol. The maximum absolute atomic E-state index is 12.6. The number of benzene rings is 2. The number of anilines is 1. The van der Waals surface area contributed by atoms with Crippen molar-refractivity contribution in [3.05, 3.63) is 59.0 Å². The van der Waals surface area contributed by atoms with E-state index in [1.165, 1.54) is 0 Å². The van der Waals surface area contributed by atoms with Gasteiger partial charge in [0.05, 0.1) is 16.4 Å². The van der Waals surface area contributed by atoms with Crippen molar-refractivity contribution in [2.75, 3.05) is 18.0 Å². The van der Waals surface area contributed by atoms with Crippen LogP contribution in [0.4, 0.5) is 5.69 Å². The van der Waals surface area contributed by atoms with Gasteiger partial charge >= 0.3 is 5.69 Å². The molecule has 0 aliphatic carbocycles. The fourth-order valence-corrected chi connectivity index (χ4v) is 3.67. The monoisotopic (exact) mass is 358 g/mol. The van der Waals surface area contributed by atoms with E-state index >= 15 is 0 Å². The lowest BCUT2D eigenvalue weighted by Gasteiger charge is -2.21. The molecule has 0 bridgehead atoms. The Morgan fingerprint density at radius 1 is 1.04 bits per heavy atom. The molecule has 5 aromatic rings. The number of hydrogen-bond donors (Lipinski definition) is 0. The molecule has 0 amide bonds. The van der Waals surface area contributed by atoms with E-state index in [1.807, 2.05) is 42.5 Å². The van der Waals surface area contributed by atoms with Crippen LogP contribution in [-0.2, 0) is 0 Å². The second-order valence-corrected chi connectivity index (χ2v) is 6.51. The highest BCUT2D eigenvalue weighted by Gasteiger charge is 2.15. The van der Waals surface area contributed by atoms with Crippen molar-refractivity contribution in [1.82, 2.24) is 14.4 Å². The van der Waals surface area contributed by atoms with E-state index in [4.69, 9.17) is 4.42 Å². The third-order valence-corrected chi connectivity index (χ3v) is 5.05. The Bertz CT molecular complexity index is 1380. The number of hydrogen-bond acceptors (Lipinski definition) is 5. The topological polar surface area (TPSA) is 63.6 Å². The molecule has 5 rings (SSSR count). The summed E-state index contributed by atoms with van der Waals surface area (Å²) in [6, 6.07) is 15.7. The molecule has 0 radical (unpaired) electrons. The molecule has 0 aliphatic heterocycles. The highest BCUT2D eigenvalue weighted by atomic mass is 16.3. The Morgan fingerprint density at radius 2 is 1.85 bits per heavy atom. The van der Waals surface area contributed by atoms with Crippen LogP contribution in [0.2, 0.25) is 0 Å². The summed E-state index contributed by atoms with van der Waals surface area (Å²) in [5.41, 5.74) is 3.82. The van der Waals surface area contributed by atoms with Gasteiger partial charge < -0.3 is 9.32 Å². The molecular weight excluding hydrogens is 340 g/mol. The van der Waals surface area contributed by atoms with E-state index in [2.05, 4.69) is 34.8 Å². The van der Waals surface area contributed by atoms with Crippen LogP contribution >= 0.6 is 0 Å². The van der Waals surface area contributed by atoms with Crippen LogP contribution in [0.25, 0.3) is 38.7 Å². The summed E-state index contributed by atoms with van der Waals surface area (Å²) in [6.07, 6.45) is 0. The summed E-state index contributed by atoms with van der Waals surface area (Å²) in [5.74, 6) is 0. The molecule has 0 saturated heterocycles. The molecule has 3 heterocycles. The van der Waals surface area contributed by atoms with Gasteiger partial charge in [0, 0.05) is 30.2 Å². The molecule has 0 aliphatic rings. The summed E-state index contributed by atoms with van der Waals surface area (Å²) >= 11 is 0. The van der Waals surface area contributed by atoms with Gasteiger partial charge in [0.15, 0.2) is 5.65 Å². The van der Waals surface area contributed by atoms with Crippen molar-refractivity contribution in [2.24, 2.45) is 0 Å². The van der Waals surface area contributed by atoms with Crippen molar-refractivity contribution >= 4 is 44.4 Å². The van der Waals surface area contributed by atoms with Crippen LogP contribution < -0.4 is 10.6 Å². The van der Waals surface area contributed by atoms with Crippen LogP contribution in [0.1, 0.15) is 13.8 Å². The van der Waals surface area contributed by atoms with Crippen LogP contribution in [0.3, 0.4) is 0 Å². The third-order valence-electron chi connectivity index (χ3n) is 5.05. The van der Waals surface area contributed by atoms with Crippen molar-refractivity contribution in [3.8, 4) is 0 Å². The Labute approximate surface area is 154 Å². The molecule has 0 atom stereocenters. The second-order valence-electron chi connectivity index (χ2n) is 6.51. The lowest BCUT2D eigenvalue weighted by molar-refractivity contribution is 0.641. The number of rotatable bonds is 3. The lowest BCUT2D eigenvalue weighted by atomic mass is 10.2. The van der Waals surface area contributed by atoms with Gasteiger partial charge in [-0.3, -0.25) is 0 Å². The minimum Gasteiger partial charge on any atom is -0.437 e. The van der Waals surface area contributed by atoms with Gasteiger partial charge in [-0.1, -0.05) is 12.1 Å². The quantitative estimate of drug-likeness (QED) is 0.456. The van der Waals surface area contributed by atoms with Gasteiger partial charge in [-0.15, -0.1) is 0 Å². The average molecular weight is 358 g/mol. The first-order valence-electron chi connectivity index (χ1n) is 9.09. The van der Waals surface area contributed by atoms with Gasteiger partial charge in [0.25, 0.3) is 0 Å². The zero-order valence-electron chi connectivity index (χ0n) is 15.1. The van der Waals surface area contributed by atoms with E-state index in [0.717, 1.165) is 40.6 Å². The fraction of sp³-hybridized carbons (Fsp3) is 0.190. The summed E-state index contributed by atoms with van der Waals surface area (Å²) in [4.78, 5) is 23.7. The van der Waals surface area contributed by atoms with Crippen LogP contribution in [0, 0.1) is 0 Å². The molecule has 0 spiro atoms. The number of imidazole rings is 1. The fourth-order valence-electron chi connectivity index (χ4n) is 3.67. The maximum Gasteiger partial charge on any atom is 0.357 e. The lowest BCUT2D eigenvalue weighted by Crippen LogP contribution is -2.21. The normalized spacial score (nSPS) is 11.8. The molecule has 27 heavy (non-hydrogen) atoms. The van der Waals surface area contributed by atoms with E-state index < -0.39 is 0 Å². The van der Waals surface area contributed by atoms with Gasteiger partial charge in [-0.2, -0.15) is 4.98 Å². The second kappa shape index (κ2) is 5.81. The van der Waals surface area contributed by atoms with E-state index in [0.29, 0.717) is 16.9 Å². The first kappa shape index (κ1) is 15.8. The number of para-hydroxylation sites is 2. The van der Waals surface area contributed by atoms with Crippen LogP contribution in [0.5, 0.6) is 0 Å². The Hall–Kier alpha value is -3.41. The van der Waals surface area contributed by atoms with Crippen molar-refractivity contribution < 1.29 is 4.42 Å². The summed E-state index contributed by atoms with van der Waals surface area (Å²) in [5, 5.41) is 1.68. The van der Waals surface area contributed by atoms with E-state index in [9.17, 15) is 4.79 Å². The Balaban J connectivity index is 1.85. The molecule has 6 nitrogen and oxygen atoms in total. The first-order valence-corrected chi connectivity index (χ1v) is 9.09. The first-order chi connectivity index (χ1) is 13.2. The number of nitrogens with zero attached hydrogens (tertiary/aromatic N) is 4. The summed E-state index contributed by atoms with van der Waals surface area (Å²) in [7, 11) is 0. The summed E-state index contributed by atoms with van der Waals surface area (Å²) < 4.78 is 7.56. The van der Waals surface area contributed by atoms with Gasteiger partial charge in [0.2, 0.25) is 5.71 Å². The Morgan fingerprint density at radius 3 is 2.67 bits per heavy atom. The highest BCUT2D eigenvalue weighted by Crippen LogP contribution is 2.28. The minimum atomic E-state index is -0.380. The standard InChI is InChI=1S/C21H18N4O2/c1-3-24(4-2)14-10-9-13-11-15-19-22-16-7-5-6-8-17(16)25(19)21(26)23-20(15)27-18(13)12-14/h5-12H,3-4H2,1-2H3. The molecular formula is C21H18N4O2. The minimum absolute atomic E-state index is 0.312. The van der Waals surface area contributed by atoms with Crippen LogP contribution in [0.15, 0.2) is 57.7 Å². The van der Waals surface area contributed by atoms with E-state index in [1.54, 1.807) is 4.40 Å². The molecule has 2 aromatic carbocycles. The van der Waals surface area contributed by atoms with Gasteiger partial charge in [-0.05, 0) is 44.2 Å². The summed E-state index contributed by atoms with van der Waals surface area (Å²) in [6.45, 7) is 6.08. The molecule has 0 unspecified atom stereocenters. The smallest absolute Gasteiger partial charge is 0.357 e. The number of fused-ring (bicyclic) bond motifs is 6. The molecule has 3 aromatic heterocycles. The van der Waals surface area contributed by atoms with Crippen molar-refractivity contribution in [2.45, 2.75) is 13.8 Å². The van der Waals surface area contributed by atoms with Crippen molar-refractivity contribution in [3.63, 3.8) is 0 Å². The van der Waals surface area contributed by atoms with Crippen molar-refractivity contribution in [1.29, 1.82) is 0 Å². The zero-order chi connectivity index (χ0) is 18.5. The van der Waals surface area contributed by atoms with Crippen LogP contribution in [-0.4, -0.2) is 27.5 Å². The van der Waals surface area contributed by atoms with Gasteiger partial charge in [-0.25, -0.2) is 14.2 Å². The van der Waals surface area contributed by atoms with E-state index in [-0.39, 0.29) is 5.69 Å². The highest BCUT2D eigenvalue weighted by molar-refractivity contribution is 5.99. The number of aromatic nitrogens is 3. The average Bonchev–Trinajstić information content (AvgIpc) is 3.08. The molecule has 134 valence electrons.